The van der Waals surface area contributed by atoms with E-state index in [0.29, 0.717) is 10.6 Å². The number of carboxylic acids is 1. The monoisotopic (exact) mass is 300 g/mol. The maximum Gasteiger partial charge on any atom is 0.350 e. The van der Waals surface area contributed by atoms with Crippen LogP contribution in [0.2, 0.25) is 0 Å². The van der Waals surface area contributed by atoms with Gasteiger partial charge < -0.3 is 15.2 Å². The fourth-order valence-corrected chi connectivity index (χ4v) is 2.17. The normalized spacial score (nSPS) is 10.4. The Morgan fingerprint density at radius 2 is 2.00 bits per heavy atom. The van der Waals surface area contributed by atoms with Gasteiger partial charge >= 0.3 is 11.9 Å². The first-order chi connectivity index (χ1) is 9.29. The molecular weight excluding hydrogens is 284 g/mol. The molecule has 0 bridgehead atoms. The molecule has 0 unspecified atom stereocenters. The number of anilines is 1. The maximum absolute atomic E-state index is 11.7. The van der Waals surface area contributed by atoms with Gasteiger partial charge in [0.1, 0.15) is 4.88 Å². The van der Waals surface area contributed by atoms with E-state index in [1.165, 1.54) is 0 Å². The Balaban J connectivity index is 2.67. The summed E-state index contributed by atoms with van der Waals surface area (Å²) in [4.78, 5) is 37.9. The zero-order chi connectivity index (χ0) is 15.3. The number of rotatable bonds is 6. The summed E-state index contributed by atoms with van der Waals surface area (Å²) in [5.74, 6) is -1.98. The maximum atomic E-state index is 11.7. The van der Waals surface area contributed by atoms with Crippen molar-refractivity contribution in [1.82, 2.24) is 4.98 Å². The zero-order valence-corrected chi connectivity index (χ0v) is 12.2. The van der Waals surface area contributed by atoms with Crippen molar-refractivity contribution in [2.75, 3.05) is 5.32 Å². The lowest BCUT2D eigenvalue weighted by Crippen LogP contribution is -2.12. The highest BCUT2D eigenvalue weighted by atomic mass is 32.1. The van der Waals surface area contributed by atoms with E-state index >= 15 is 0 Å². The first-order valence-electron chi connectivity index (χ1n) is 5.99. The minimum absolute atomic E-state index is 0.139. The van der Waals surface area contributed by atoms with Gasteiger partial charge in [-0.3, -0.25) is 9.59 Å². The Kier molecular flexibility index (Phi) is 5.63. The van der Waals surface area contributed by atoms with Crippen molar-refractivity contribution in [3.05, 3.63) is 10.6 Å². The van der Waals surface area contributed by atoms with Gasteiger partial charge in [-0.05, 0) is 20.8 Å². The molecule has 0 aliphatic heterocycles. The second kappa shape index (κ2) is 6.99. The van der Waals surface area contributed by atoms with Crippen LogP contribution < -0.4 is 5.32 Å². The van der Waals surface area contributed by atoms with Crippen molar-refractivity contribution in [3.63, 3.8) is 0 Å². The van der Waals surface area contributed by atoms with Crippen molar-refractivity contribution < 1.29 is 24.2 Å². The number of carbonyl (C=O) groups excluding carboxylic acids is 2. The number of nitrogens with one attached hydrogen (secondary N) is 1. The molecular formula is C12H16N2O5S. The molecule has 0 aliphatic rings. The third kappa shape index (κ3) is 4.96. The van der Waals surface area contributed by atoms with Crippen LogP contribution >= 0.6 is 11.3 Å². The molecule has 0 saturated heterocycles. The lowest BCUT2D eigenvalue weighted by atomic mass is 10.3. The molecule has 1 aromatic heterocycles. The highest BCUT2D eigenvalue weighted by molar-refractivity contribution is 7.17. The molecule has 0 radical (unpaired) electrons. The molecule has 0 fully saturated rings. The second-order valence-electron chi connectivity index (χ2n) is 4.33. The molecule has 7 nitrogen and oxygen atoms in total. The van der Waals surface area contributed by atoms with Crippen LogP contribution in [0.25, 0.3) is 0 Å². The number of aromatic nitrogens is 1. The van der Waals surface area contributed by atoms with E-state index in [-0.39, 0.29) is 24.1 Å². The highest BCUT2D eigenvalue weighted by Crippen LogP contribution is 2.24. The van der Waals surface area contributed by atoms with Crippen LogP contribution in [0.3, 0.4) is 0 Å². The number of esters is 1. The molecule has 0 spiro atoms. The fourth-order valence-electron chi connectivity index (χ4n) is 1.31. The number of ether oxygens (including phenoxy) is 1. The van der Waals surface area contributed by atoms with Crippen LogP contribution in [0.4, 0.5) is 5.13 Å². The molecule has 1 amide bonds. The molecule has 1 aromatic rings. The van der Waals surface area contributed by atoms with Crippen molar-refractivity contribution >= 4 is 34.3 Å². The summed E-state index contributed by atoms with van der Waals surface area (Å²) in [5, 5.41) is 11.2. The predicted molar refractivity (Wildman–Crippen MR) is 72.9 cm³/mol. The fraction of sp³-hybridized carbons (Fsp3) is 0.500. The van der Waals surface area contributed by atoms with Crippen LogP contribution in [0.15, 0.2) is 0 Å². The number of hydrogen-bond donors (Lipinski definition) is 2. The Labute approximate surface area is 120 Å². The lowest BCUT2D eigenvalue weighted by molar-refractivity contribution is -0.138. The first-order valence-corrected chi connectivity index (χ1v) is 6.81. The number of aliphatic carboxylic acids is 1. The zero-order valence-electron chi connectivity index (χ0n) is 11.4. The smallest absolute Gasteiger partial charge is 0.350 e. The SMILES string of the molecule is Cc1nc(NC(=O)CCC(=O)O)sc1C(=O)OC(C)C. The van der Waals surface area contributed by atoms with E-state index in [1.807, 2.05) is 0 Å². The van der Waals surface area contributed by atoms with Gasteiger partial charge in [-0.25, -0.2) is 9.78 Å². The van der Waals surface area contributed by atoms with E-state index in [9.17, 15) is 14.4 Å². The largest absolute Gasteiger partial charge is 0.481 e. The topological polar surface area (TPSA) is 106 Å². The summed E-state index contributed by atoms with van der Waals surface area (Å²) in [6.07, 6.45) is -0.629. The van der Waals surface area contributed by atoms with E-state index in [4.69, 9.17) is 9.84 Å². The molecule has 2 N–H and O–H groups in total. The van der Waals surface area contributed by atoms with E-state index < -0.39 is 17.8 Å². The van der Waals surface area contributed by atoms with Crippen molar-refractivity contribution in [2.45, 2.75) is 39.7 Å². The van der Waals surface area contributed by atoms with Gasteiger partial charge in [0.15, 0.2) is 5.13 Å². The van der Waals surface area contributed by atoms with Gasteiger partial charge in [0.05, 0.1) is 18.2 Å². The van der Waals surface area contributed by atoms with Gasteiger partial charge in [-0.15, -0.1) is 0 Å². The third-order valence-electron chi connectivity index (χ3n) is 2.14. The van der Waals surface area contributed by atoms with Crippen LogP contribution in [0.5, 0.6) is 0 Å². The Morgan fingerprint density at radius 1 is 1.35 bits per heavy atom. The van der Waals surface area contributed by atoms with Crippen molar-refractivity contribution in [3.8, 4) is 0 Å². The summed E-state index contributed by atoms with van der Waals surface area (Å²) in [5.41, 5.74) is 0.467. The van der Waals surface area contributed by atoms with Crippen molar-refractivity contribution in [2.24, 2.45) is 0 Å². The number of carboxylic acid groups (broad SMARTS) is 1. The molecule has 1 heterocycles. The minimum Gasteiger partial charge on any atom is -0.481 e. The standard InChI is InChI=1S/C12H16N2O5S/c1-6(2)19-11(18)10-7(3)13-12(20-10)14-8(15)4-5-9(16)17/h6H,4-5H2,1-3H3,(H,16,17)(H,13,14,15). The summed E-state index contributed by atoms with van der Waals surface area (Å²) < 4.78 is 5.06. The Hall–Kier alpha value is -1.96. The number of amides is 1. The van der Waals surface area contributed by atoms with E-state index in [1.54, 1.807) is 20.8 Å². The predicted octanol–water partition coefficient (Wildman–Crippen LogP) is 1.82. The molecule has 0 aromatic carbocycles. The van der Waals surface area contributed by atoms with Gasteiger partial charge in [-0.1, -0.05) is 11.3 Å². The Morgan fingerprint density at radius 3 is 2.55 bits per heavy atom. The van der Waals surface area contributed by atoms with E-state index in [2.05, 4.69) is 10.3 Å². The average Bonchev–Trinajstić information content (AvgIpc) is 2.66. The summed E-state index contributed by atoms with van der Waals surface area (Å²) in [6, 6.07) is 0. The summed E-state index contributed by atoms with van der Waals surface area (Å²) in [6.45, 7) is 5.12. The number of aryl methyl sites for hydroxylation is 1. The van der Waals surface area contributed by atoms with Crippen LogP contribution in [-0.2, 0) is 14.3 Å². The highest BCUT2D eigenvalue weighted by Gasteiger charge is 2.18. The van der Waals surface area contributed by atoms with Crippen molar-refractivity contribution in [1.29, 1.82) is 0 Å². The molecule has 8 heteroatoms. The summed E-state index contributed by atoms with van der Waals surface area (Å²) >= 11 is 1.01. The van der Waals surface area contributed by atoms with Gasteiger partial charge in [-0.2, -0.15) is 0 Å². The van der Waals surface area contributed by atoms with Crippen LogP contribution in [0, 0.1) is 6.92 Å². The molecule has 0 atom stereocenters. The molecule has 110 valence electrons. The number of thiazole rings is 1. The van der Waals surface area contributed by atoms with Gasteiger partial charge in [0.2, 0.25) is 5.91 Å². The molecule has 0 aliphatic carbocycles. The van der Waals surface area contributed by atoms with Crippen LogP contribution in [-0.4, -0.2) is 34.0 Å². The van der Waals surface area contributed by atoms with E-state index in [0.717, 1.165) is 11.3 Å². The molecule has 0 saturated carbocycles. The number of carbonyl (C=O) groups is 3. The average molecular weight is 300 g/mol. The number of hydrogen-bond acceptors (Lipinski definition) is 6. The lowest BCUT2D eigenvalue weighted by Gasteiger charge is -2.05. The molecule has 1 rings (SSSR count). The van der Waals surface area contributed by atoms with Gasteiger partial charge in [0, 0.05) is 6.42 Å². The minimum atomic E-state index is -1.04. The number of nitrogens with zero attached hydrogens (tertiary/aromatic N) is 1. The first kappa shape index (κ1) is 16.1. The quantitative estimate of drug-likeness (QED) is 0.776. The summed E-state index contributed by atoms with van der Waals surface area (Å²) in [7, 11) is 0. The van der Waals surface area contributed by atoms with Crippen LogP contribution in [0.1, 0.15) is 42.1 Å². The Bertz CT molecular complexity index is 524. The third-order valence-corrected chi connectivity index (χ3v) is 3.19. The second-order valence-corrected chi connectivity index (χ2v) is 5.33. The van der Waals surface area contributed by atoms with Gasteiger partial charge in [0.25, 0.3) is 0 Å². The molecule has 20 heavy (non-hydrogen) atoms.